The van der Waals surface area contributed by atoms with Crippen molar-refractivity contribution in [3.63, 3.8) is 0 Å². The number of carboxylic acids is 1. The van der Waals surface area contributed by atoms with Crippen LogP contribution in [0.4, 0.5) is 0 Å². The van der Waals surface area contributed by atoms with E-state index >= 15 is 0 Å². The fourth-order valence-corrected chi connectivity index (χ4v) is 3.09. The van der Waals surface area contributed by atoms with Crippen molar-refractivity contribution in [1.29, 1.82) is 0 Å². The fourth-order valence-electron chi connectivity index (χ4n) is 2.12. The second kappa shape index (κ2) is 8.45. The number of hydrogen-bond acceptors (Lipinski definition) is 4. The number of aryl methyl sites for hydroxylation is 2. The Morgan fingerprint density at radius 1 is 1.39 bits per heavy atom. The quantitative estimate of drug-likeness (QED) is 0.760. The molecule has 2 N–H and O–H groups in total. The molecule has 1 atom stereocenters. The van der Waals surface area contributed by atoms with Crippen LogP contribution in [0.25, 0.3) is 0 Å². The second-order valence-corrected chi connectivity index (χ2v) is 7.81. The number of carbonyl (C=O) groups excluding carboxylic acids is 1. The van der Waals surface area contributed by atoms with Crippen molar-refractivity contribution in [2.24, 2.45) is 0 Å². The summed E-state index contributed by atoms with van der Waals surface area (Å²) in [6, 6.07) is 0.922. The molecule has 0 aliphatic heterocycles. The van der Waals surface area contributed by atoms with E-state index in [1.165, 1.54) is 11.3 Å². The Morgan fingerprint density at radius 2 is 2.04 bits per heavy atom. The standard InChI is InChI=1S/C17H27NO4S/c1-6-7-12-10-14(23-11(12)2)15(19)18-13(16(20)21)8-9-22-17(3,4)5/h10,13H,6-9H2,1-5H3,(H,18,19)(H,20,21). The third-order valence-electron chi connectivity index (χ3n) is 3.31. The molecule has 5 nitrogen and oxygen atoms in total. The Kier molecular flexibility index (Phi) is 7.22. The van der Waals surface area contributed by atoms with Gasteiger partial charge < -0.3 is 15.2 Å². The third kappa shape index (κ3) is 6.71. The van der Waals surface area contributed by atoms with Gasteiger partial charge in [-0.1, -0.05) is 13.3 Å². The SMILES string of the molecule is CCCc1cc(C(=O)NC(CCOC(C)(C)C)C(=O)O)sc1C. The summed E-state index contributed by atoms with van der Waals surface area (Å²) in [7, 11) is 0. The van der Waals surface area contributed by atoms with Crippen LogP contribution in [0.2, 0.25) is 0 Å². The summed E-state index contributed by atoms with van der Waals surface area (Å²) in [5.41, 5.74) is 0.832. The van der Waals surface area contributed by atoms with Crippen molar-refractivity contribution in [3.05, 3.63) is 21.4 Å². The average Bonchev–Trinajstić information content (AvgIpc) is 2.78. The molecule has 0 aromatic carbocycles. The fraction of sp³-hybridized carbons (Fsp3) is 0.647. The molecule has 1 aromatic rings. The first-order valence-corrected chi connectivity index (χ1v) is 8.72. The summed E-state index contributed by atoms with van der Waals surface area (Å²) in [6.45, 7) is 10.1. The number of rotatable bonds is 8. The van der Waals surface area contributed by atoms with Crippen LogP contribution in [-0.2, 0) is 16.0 Å². The van der Waals surface area contributed by atoms with Crippen LogP contribution >= 0.6 is 11.3 Å². The van der Waals surface area contributed by atoms with E-state index in [1.807, 2.05) is 33.8 Å². The van der Waals surface area contributed by atoms with Crippen LogP contribution < -0.4 is 5.32 Å². The maximum atomic E-state index is 12.3. The Bertz CT molecular complexity index is 545. The zero-order valence-electron chi connectivity index (χ0n) is 14.6. The van der Waals surface area contributed by atoms with Crippen LogP contribution in [0, 0.1) is 6.92 Å². The molecule has 6 heteroatoms. The third-order valence-corrected chi connectivity index (χ3v) is 4.40. The number of carbonyl (C=O) groups is 2. The first-order chi connectivity index (χ1) is 10.6. The highest BCUT2D eigenvalue weighted by molar-refractivity contribution is 7.14. The van der Waals surface area contributed by atoms with Gasteiger partial charge in [0.25, 0.3) is 5.91 Å². The highest BCUT2D eigenvalue weighted by atomic mass is 32.1. The molecule has 23 heavy (non-hydrogen) atoms. The maximum absolute atomic E-state index is 12.3. The topological polar surface area (TPSA) is 75.6 Å². The monoisotopic (exact) mass is 341 g/mol. The Hall–Kier alpha value is -1.40. The molecule has 130 valence electrons. The molecule has 1 unspecified atom stereocenters. The molecule has 1 aromatic heterocycles. The van der Waals surface area contributed by atoms with Gasteiger partial charge in [-0.25, -0.2) is 4.79 Å². The van der Waals surface area contributed by atoms with Crippen LogP contribution in [0.1, 0.15) is 60.6 Å². The number of aliphatic carboxylic acids is 1. The van der Waals surface area contributed by atoms with E-state index in [9.17, 15) is 14.7 Å². The number of carboxylic acid groups (broad SMARTS) is 1. The smallest absolute Gasteiger partial charge is 0.326 e. The minimum Gasteiger partial charge on any atom is -0.480 e. The summed E-state index contributed by atoms with van der Waals surface area (Å²) in [6.07, 6.45) is 2.18. The summed E-state index contributed by atoms with van der Waals surface area (Å²) in [4.78, 5) is 25.3. The van der Waals surface area contributed by atoms with E-state index < -0.39 is 12.0 Å². The van der Waals surface area contributed by atoms with Crippen LogP contribution in [0.15, 0.2) is 6.07 Å². The van der Waals surface area contributed by atoms with Gasteiger partial charge in [0, 0.05) is 17.9 Å². The molecule has 0 bridgehead atoms. The van der Waals surface area contributed by atoms with Gasteiger partial charge in [0.15, 0.2) is 0 Å². The summed E-state index contributed by atoms with van der Waals surface area (Å²) in [5.74, 6) is -1.37. The van der Waals surface area contributed by atoms with E-state index in [2.05, 4.69) is 12.2 Å². The molecule has 0 fully saturated rings. The lowest BCUT2D eigenvalue weighted by Crippen LogP contribution is -2.41. The van der Waals surface area contributed by atoms with Gasteiger partial charge in [0.2, 0.25) is 0 Å². The number of ether oxygens (including phenoxy) is 1. The summed E-state index contributed by atoms with van der Waals surface area (Å²) < 4.78 is 5.54. The first kappa shape index (κ1) is 19.6. The van der Waals surface area contributed by atoms with E-state index in [0.29, 0.717) is 4.88 Å². The number of amides is 1. The second-order valence-electron chi connectivity index (χ2n) is 6.56. The predicted octanol–water partition coefficient (Wildman–Crippen LogP) is 3.40. The summed E-state index contributed by atoms with van der Waals surface area (Å²) >= 11 is 1.41. The van der Waals surface area contributed by atoms with Crippen molar-refractivity contribution in [3.8, 4) is 0 Å². The van der Waals surface area contributed by atoms with E-state index in [-0.39, 0.29) is 24.5 Å². The van der Waals surface area contributed by atoms with Gasteiger partial charge in [-0.05, 0) is 45.7 Å². The number of nitrogens with one attached hydrogen (secondary N) is 1. The largest absolute Gasteiger partial charge is 0.480 e. The molecule has 0 saturated carbocycles. The molecule has 1 amide bonds. The molecule has 0 radical (unpaired) electrons. The highest BCUT2D eigenvalue weighted by Crippen LogP contribution is 2.23. The Morgan fingerprint density at radius 3 is 2.57 bits per heavy atom. The maximum Gasteiger partial charge on any atom is 0.326 e. The molecule has 0 aliphatic rings. The molecule has 0 aliphatic carbocycles. The van der Waals surface area contributed by atoms with Crippen molar-refractivity contribution in [2.75, 3.05) is 6.61 Å². The van der Waals surface area contributed by atoms with E-state index in [0.717, 1.165) is 23.3 Å². The van der Waals surface area contributed by atoms with Crippen molar-refractivity contribution >= 4 is 23.2 Å². The summed E-state index contributed by atoms with van der Waals surface area (Å²) in [5, 5.41) is 11.9. The average molecular weight is 341 g/mol. The van der Waals surface area contributed by atoms with E-state index in [1.54, 1.807) is 0 Å². The lowest BCUT2D eigenvalue weighted by molar-refractivity contribution is -0.140. The lowest BCUT2D eigenvalue weighted by atomic mass is 10.1. The zero-order valence-corrected chi connectivity index (χ0v) is 15.4. The highest BCUT2D eigenvalue weighted by Gasteiger charge is 2.23. The van der Waals surface area contributed by atoms with Gasteiger partial charge in [0.1, 0.15) is 6.04 Å². The predicted molar refractivity (Wildman–Crippen MR) is 92.3 cm³/mol. The van der Waals surface area contributed by atoms with Gasteiger partial charge in [-0.3, -0.25) is 4.79 Å². The first-order valence-electron chi connectivity index (χ1n) is 7.91. The van der Waals surface area contributed by atoms with Gasteiger partial charge in [-0.2, -0.15) is 0 Å². The number of hydrogen-bond donors (Lipinski definition) is 2. The molecular formula is C17H27NO4S. The van der Waals surface area contributed by atoms with Crippen molar-refractivity contribution < 1.29 is 19.4 Å². The molecule has 0 spiro atoms. The van der Waals surface area contributed by atoms with Crippen LogP contribution in [-0.4, -0.2) is 35.2 Å². The van der Waals surface area contributed by atoms with Crippen molar-refractivity contribution in [1.82, 2.24) is 5.32 Å². The zero-order chi connectivity index (χ0) is 17.6. The van der Waals surface area contributed by atoms with Gasteiger partial charge >= 0.3 is 5.97 Å². The lowest BCUT2D eigenvalue weighted by Gasteiger charge is -2.21. The molecule has 1 heterocycles. The Labute approximate surface area is 142 Å². The Balaban J connectivity index is 2.67. The molecular weight excluding hydrogens is 314 g/mol. The number of thiophene rings is 1. The molecule has 1 rings (SSSR count). The van der Waals surface area contributed by atoms with Gasteiger partial charge in [0.05, 0.1) is 10.5 Å². The van der Waals surface area contributed by atoms with Gasteiger partial charge in [-0.15, -0.1) is 11.3 Å². The molecule has 0 saturated heterocycles. The van der Waals surface area contributed by atoms with Crippen molar-refractivity contribution in [2.45, 2.75) is 65.5 Å². The minimum absolute atomic E-state index is 0.241. The van der Waals surface area contributed by atoms with Crippen LogP contribution in [0.3, 0.4) is 0 Å². The van der Waals surface area contributed by atoms with Crippen LogP contribution in [0.5, 0.6) is 0 Å². The minimum atomic E-state index is -1.04. The van der Waals surface area contributed by atoms with E-state index in [4.69, 9.17) is 4.74 Å². The normalized spacial score (nSPS) is 12.9.